The summed E-state index contributed by atoms with van der Waals surface area (Å²) in [6.45, 7) is 3.18. The zero-order valence-corrected chi connectivity index (χ0v) is 13.2. The Labute approximate surface area is 123 Å². The van der Waals surface area contributed by atoms with Gasteiger partial charge >= 0.3 is 0 Å². The summed E-state index contributed by atoms with van der Waals surface area (Å²) in [5, 5.41) is 4.40. The summed E-state index contributed by atoms with van der Waals surface area (Å²) in [5.41, 5.74) is 1.35. The third kappa shape index (κ3) is 3.72. The molecule has 1 N–H and O–H groups in total. The minimum atomic E-state index is 0.465. The van der Waals surface area contributed by atoms with Crippen LogP contribution in [0.4, 0.5) is 0 Å². The van der Waals surface area contributed by atoms with Gasteiger partial charge in [-0.2, -0.15) is 0 Å². The van der Waals surface area contributed by atoms with Crippen LogP contribution >= 0.6 is 27.5 Å². The summed E-state index contributed by atoms with van der Waals surface area (Å²) in [7, 11) is 0. The van der Waals surface area contributed by atoms with E-state index in [1.807, 2.05) is 6.07 Å². The van der Waals surface area contributed by atoms with E-state index >= 15 is 0 Å². The molecule has 0 saturated heterocycles. The zero-order valence-electron chi connectivity index (χ0n) is 10.9. The molecule has 0 heterocycles. The fourth-order valence-corrected chi connectivity index (χ4v) is 3.41. The van der Waals surface area contributed by atoms with Crippen LogP contribution in [0, 0.1) is 5.92 Å². The number of hydrogen-bond donors (Lipinski definition) is 1. The predicted octanol–water partition coefficient (Wildman–Crippen LogP) is 5.33. The Morgan fingerprint density at radius 2 is 2.11 bits per heavy atom. The SMILES string of the molecule is CCNC(CC1CCCC1)c1ccc(Cl)c(Br)c1. The van der Waals surface area contributed by atoms with Crippen LogP contribution in [0.15, 0.2) is 22.7 Å². The summed E-state index contributed by atoms with van der Waals surface area (Å²) in [5.74, 6) is 0.892. The molecule has 1 saturated carbocycles. The first kappa shape index (κ1) is 14.4. The van der Waals surface area contributed by atoms with E-state index in [9.17, 15) is 0 Å². The summed E-state index contributed by atoms with van der Waals surface area (Å²) in [6.07, 6.45) is 6.87. The molecular formula is C15H21BrClN. The molecular weight excluding hydrogens is 310 g/mol. The minimum absolute atomic E-state index is 0.465. The highest BCUT2D eigenvalue weighted by atomic mass is 79.9. The maximum atomic E-state index is 6.07. The van der Waals surface area contributed by atoms with Crippen LogP contribution in [0.5, 0.6) is 0 Å². The molecule has 100 valence electrons. The van der Waals surface area contributed by atoms with Gasteiger partial charge in [0.25, 0.3) is 0 Å². The fraction of sp³-hybridized carbons (Fsp3) is 0.600. The number of halogens is 2. The van der Waals surface area contributed by atoms with E-state index in [0.29, 0.717) is 6.04 Å². The Kier molecular flexibility index (Phi) is 5.53. The third-order valence-electron chi connectivity index (χ3n) is 3.84. The van der Waals surface area contributed by atoms with Crippen molar-refractivity contribution in [2.24, 2.45) is 5.92 Å². The lowest BCUT2D eigenvalue weighted by Crippen LogP contribution is -2.23. The monoisotopic (exact) mass is 329 g/mol. The van der Waals surface area contributed by atoms with E-state index in [2.05, 4.69) is 40.3 Å². The Bertz CT molecular complexity index is 388. The van der Waals surface area contributed by atoms with Crippen LogP contribution in [0.3, 0.4) is 0 Å². The van der Waals surface area contributed by atoms with Gasteiger partial charge in [0.1, 0.15) is 0 Å². The second-order valence-electron chi connectivity index (χ2n) is 5.17. The van der Waals surface area contributed by atoms with Crippen molar-refractivity contribution in [3.63, 3.8) is 0 Å². The molecule has 18 heavy (non-hydrogen) atoms. The summed E-state index contributed by atoms with van der Waals surface area (Å²) in [6, 6.07) is 6.76. The molecule has 0 radical (unpaired) electrons. The third-order valence-corrected chi connectivity index (χ3v) is 5.05. The van der Waals surface area contributed by atoms with E-state index in [0.717, 1.165) is 22.0 Å². The van der Waals surface area contributed by atoms with Gasteiger partial charge in [-0.15, -0.1) is 0 Å². The van der Waals surface area contributed by atoms with Crippen molar-refractivity contribution in [1.29, 1.82) is 0 Å². The standard InChI is InChI=1S/C15H21BrClN/c1-2-18-15(9-11-5-3-4-6-11)12-7-8-14(17)13(16)10-12/h7-8,10-11,15,18H,2-6,9H2,1H3. The first-order valence-electron chi connectivity index (χ1n) is 6.89. The highest BCUT2D eigenvalue weighted by Gasteiger charge is 2.21. The molecule has 0 aliphatic heterocycles. The maximum Gasteiger partial charge on any atom is 0.0548 e. The average Bonchev–Trinajstić information content (AvgIpc) is 2.85. The van der Waals surface area contributed by atoms with Gasteiger partial charge in [0.15, 0.2) is 0 Å². The molecule has 1 aliphatic rings. The first-order chi connectivity index (χ1) is 8.70. The van der Waals surface area contributed by atoms with E-state index in [1.165, 1.54) is 37.7 Å². The van der Waals surface area contributed by atoms with E-state index < -0.39 is 0 Å². The molecule has 1 aromatic rings. The van der Waals surface area contributed by atoms with Gasteiger partial charge < -0.3 is 5.32 Å². The Morgan fingerprint density at radius 1 is 1.39 bits per heavy atom. The van der Waals surface area contributed by atoms with Crippen LogP contribution in [0.1, 0.15) is 50.6 Å². The number of nitrogens with one attached hydrogen (secondary N) is 1. The van der Waals surface area contributed by atoms with E-state index in [1.54, 1.807) is 0 Å². The molecule has 3 heteroatoms. The van der Waals surface area contributed by atoms with Gasteiger partial charge in [0.2, 0.25) is 0 Å². The zero-order chi connectivity index (χ0) is 13.0. The van der Waals surface area contributed by atoms with Crippen molar-refractivity contribution < 1.29 is 0 Å². The van der Waals surface area contributed by atoms with Crippen LogP contribution in [0.25, 0.3) is 0 Å². The van der Waals surface area contributed by atoms with Crippen molar-refractivity contribution in [3.8, 4) is 0 Å². The van der Waals surface area contributed by atoms with Crippen molar-refractivity contribution in [2.75, 3.05) is 6.54 Å². The number of benzene rings is 1. The van der Waals surface area contributed by atoms with E-state index in [-0.39, 0.29) is 0 Å². The van der Waals surface area contributed by atoms with Crippen molar-refractivity contribution in [2.45, 2.75) is 45.1 Å². The maximum absolute atomic E-state index is 6.07. The molecule has 0 spiro atoms. The van der Waals surface area contributed by atoms with Gasteiger partial charge in [0, 0.05) is 10.5 Å². The summed E-state index contributed by atoms with van der Waals surface area (Å²) >= 11 is 9.58. The van der Waals surface area contributed by atoms with Crippen LogP contribution in [-0.2, 0) is 0 Å². The lowest BCUT2D eigenvalue weighted by Gasteiger charge is -2.22. The van der Waals surface area contributed by atoms with Gasteiger partial charge in [0.05, 0.1) is 5.02 Å². The molecule has 0 amide bonds. The second kappa shape index (κ2) is 6.93. The highest BCUT2D eigenvalue weighted by Crippen LogP contribution is 2.34. The lowest BCUT2D eigenvalue weighted by atomic mass is 9.93. The highest BCUT2D eigenvalue weighted by molar-refractivity contribution is 9.10. The molecule has 0 bridgehead atoms. The Balaban J connectivity index is 2.09. The Morgan fingerprint density at radius 3 is 2.72 bits per heavy atom. The van der Waals surface area contributed by atoms with Crippen molar-refractivity contribution in [1.82, 2.24) is 5.32 Å². The average molecular weight is 331 g/mol. The lowest BCUT2D eigenvalue weighted by molar-refractivity contribution is 0.400. The van der Waals surface area contributed by atoms with Gasteiger partial charge in [-0.3, -0.25) is 0 Å². The molecule has 1 aliphatic carbocycles. The summed E-state index contributed by atoms with van der Waals surface area (Å²) in [4.78, 5) is 0. The molecule has 1 nitrogen and oxygen atoms in total. The number of hydrogen-bond acceptors (Lipinski definition) is 1. The quantitative estimate of drug-likeness (QED) is 0.769. The molecule has 1 aromatic carbocycles. The molecule has 0 aromatic heterocycles. The van der Waals surface area contributed by atoms with Crippen molar-refractivity contribution in [3.05, 3.63) is 33.3 Å². The smallest absolute Gasteiger partial charge is 0.0548 e. The van der Waals surface area contributed by atoms with Gasteiger partial charge in [-0.05, 0) is 52.5 Å². The van der Waals surface area contributed by atoms with Crippen LogP contribution in [-0.4, -0.2) is 6.54 Å². The van der Waals surface area contributed by atoms with Gasteiger partial charge in [-0.1, -0.05) is 50.3 Å². The largest absolute Gasteiger partial charge is 0.310 e. The second-order valence-corrected chi connectivity index (χ2v) is 6.43. The molecule has 1 atom stereocenters. The predicted molar refractivity (Wildman–Crippen MR) is 82.1 cm³/mol. The molecule has 1 unspecified atom stereocenters. The summed E-state index contributed by atoms with van der Waals surface area (Å²) < 4.78 is 0.996. The normalized spacial score (nSPS) is 18.2. The van der Waals surface area contributed by atoms with Crippen LogP contribution in [0.2, 0.25) is 5.02 Å². The van der Waals surface area contributed by atoms with Gasteiger partial charge in [-0.25, -0.2) is 0 Å². The van der Waals surface area contributed by atoms with Crippen LogP contribution < -0.4 is 5.32 Å². The molecule has 1 fully saturated rings. The topological polar surface area (TPSA) is 12.0 Å². The minimum Gasteiger partial charge on any atom is -0.310 e. The van der Waals surface area contributed by atoms with Crippen molar-refractivity contribution >= 4 is 27.5 Å². The Hall–Kier alpha value is -0.0500. The number of rotatable bonds is 5. The molecule has 2 rings (SSSR count). The first-order valence-corrected chi connectivity index (χ1v) is 8.06. The fourth-order valence-electron chi connectivity index (χ4n) is 2.89. The van der Waals surface area contributed by atoms with E-state index in [4.69, 9.17) is 11.6 Å².